The Morgan fingerprint density at radius 2 is 2.59 bits per heavy atom. The van der Waals surface area contributed by atoms with Crippen LogP contribution in [0.2, 0.25) is 0 Å². The third-order valence-corrected chi connectivity index (χ3v) is 3.09. The molecule has 1 atom stereocenters. The van der Waals surface area contributed by atoms with E-state index in [9.17, 15) is 4.79 Å². The van der Waals surface area contributed by atoms with E-state index in [1.54, 1.807) is 6.07 Å². The first kappa shape index (κ1) is 12.1. The SMILES string of the molecule is CCCN(C(=O)c1ccno1)C1CCCNC1. The number of hydrogen-bond donors (Lipinski definition) is 1. The van der Waals surface area contributed by atoms with Crippen LogP contribution in [0.5, 0.6) is 0 Å². The molecule has 2 heterocycles. The molecular formula is C12H19N3O2. The number of rotatable bonds is 4. The van der Waals surface area contributed by atoms with Gasteiger partial charge in [0.25, 0.3) is 5.91 Å². The molecule has 1 aromatic heterocycles. The van der Waals surface area contributed by atoms with E-state index < -0.39 is 0 Å². The molecule has 1 aromatic rings. The van der Waals surface area contributed by atoms with E-state index in [2.05, 4.69) is 17.4 Å². The van der Waals surface area contributed by atoms with E-state index in [0.29, 0.717) is 5.76 Å². The molecule has 5 nitrogen and oxygen atoms in total. The summed E-state index contributed by atoms with van der Waals surface area (Å²) in [5.74, 6) is 0.294. The summed E-state index contributed by atoms with van der Waals surface area (Å²) in [6, 6.07) is 1.91. The molecule has 1 aliphatic rings. The van der Waals surface area contributed by atoms with Crippen LogP contribution in [0.1, 0.15) is 36.7 Å². The van der Waals surface area contributed by atoms with E-state index in [0.717, 1.165) is 38.9 Å². The Bertz CT molecular complexity index is 345. The highest BCUT2D eigenvalue weighted by atomic mass is 16.5. The van der Waals surface area contributed by atoms with Crippen LogP contribution >= 0.6 is 0 Å². The molecule has 2 rings (SSSR count). The van der Waals surface area contributed by atoms with Gasteiger partial charge in [-0.1, -0.05) is 12.1 Å². The average molecular weight is 237 g/mol. The number of carbonyl (C=O) groups excluding carboxylic acids is 1. The van der Waals surface area contributed by atoms with Gasteiger partial charge in [-0.25, -0.2) is 0 Å². The Morgan fingerprint density at radius 3 is 3.18 bits per heavy atom. The maximum absolute atomic E-state index is 12.3. The Labute approximate surface area is 101 Å². The van der Waals surface area contributed by atoms with Crippen LogP contribution in [-0.4, -0.2) is 41.6 Å². The van der Waals surface area contributed by atoms with Gasteiger partial charge >= 0.3 is 0 Å². The fourth-order valence-electron chi connectivity index (χ4n) is 2.26. The summed E-state index contributed by atoms with van der Waals surface area (Å²) < 4.78 is 4.95. The monoisotopic (exact) mass is 237 g/mol. The molecule has 5 heteroatoms. The van der Waals surface area contributed by atoms with Gasteiger partial charge in [0.2, 0.25) is 5.76 Å². The van der Waals surface area contributed by atoms with Crippen molar-refractivity contribution in [2.75, 3.05) is 19.6 Å². The molecule has 0 spiro atoms. The van der Waals surface area contributed by atoms with Gasteiger partial charge in [-0.05, 0) is 25.8 Å². The summed E-state index contributed by atoms with van der Waals surface area (Å²) in [7, 11) is 0. The standard InChI is InChI=1S/C12H19N3O2/c1-2-8-15(10-4-3-6-13-9-10)12(16)11-5-7-14-17-11/h5,7,10,13H,2-4,6,8-9H2,1H3. The first-order valence-electron chi connectivity index (χ1n) is 6.25. The highest BCUT2D eigenvalue weighted by molar-refractivity contribution is 5.91. The Kier molecular flexibility index (Phi) is 4.14. The largest absolute Gasteiger partial charge is 0.351 e. The minimum atomic E-state index is -0.0435. The van der Waals surface area contributed by atoms with E-state index >= 15 is 0 Å². The second-order valence-electron chi connectivity index (χ2n) is 4.38. The van der Waals surface area contributed by atoms with Gasteiger partial charge in [0.05, 0.1) is 6.20 Å². The zero-order valence-corrected chi connectivity index (χ0v) is 10.2. The molecule has 1 fully saturated rings. The second-order valence-corrected chi connectivity index (χ2v) is 4.38. The van der Waals surface area contributed by atoms with Crippen molar-refractivity contribution in [2.45, 2.75) is 32.2 Å². The lowest BCUT2D eigenvalue weighted by Crippen LogP contribution is -2.48. The molecular weight excluding hydrogens is 218 g/mol. The van der Waals surface area contributed by atoms with Crippen molar-refractivity contribution in [3.8, 4) is 0 Å². The molecule has 1 aliphatic heterocycles. The number of carbonyl (C=O) groups is 1. The van der Waals surface area contributed by atoms with E-state index in [1.807, 2.05) is 4.90 Å². The van der Waals surface area contributed by atoms with Crippen molar-refractivity contribution in [1.29, 1.82) is 0 Å². The van der Waals surface area contributed by atoms with Crippen LogP contribution < -0.4 is 5.32 Å². The smallest absolute Gasteiger partial charge is 0.292 e. The molecule has 0 radical (unpaired) electrons. The Hall–Kier alpha value is -1.36. The fraction of sp³-hybridized carbons (Fsp3) is 0.667. The van der Waals surface area contributed by atoms with Crippen molar-refractivity contribution < 1.29 is 9.32 Å². The predicted molar refractivity (Wildman–Crippen MR) is 63.7 cm³/mol. The van der Waals surface area contributed by atoms with Gasteiger partial charge in [-0.3, -0.25) is 4.79 Å². The molecule has 17 heavy (non-hydrogen) atoms. The van der Waals surface area contributed by atoms with E-state index in [1.165, 1.54) is 6.20 Å². The lowest BCUT2D eigenvalue weighted by molar-refractivity contribution is 0.0607. The summed E-state index contributed by atoms with van der Waals surface area (Å²) in [5.41, 5.74) is 0. The van der Waals surface area contributed by atoms with Gasteiger partial charge in [-0.2, -0.15) is 0 Å². The number of amides is 1. The predicted octanol–water partition coefficient (Wildman–Crippen LogP) is 1.28. The van der Waals surface area contributed by atoms with Crippen molar-refractivity contribution in [2.24, 2.45) is 0 Å². The third kappa shape index (κ3) is 2.85. The molecule has 1 amide bonds. The first-order chi connectivity index (χ1) is 8.33. The summed E-state index contributed by atoms with van der Waals surface area (Å²) >= 11 is 0. The van der Waals surface area contributed by atoms with Crippen molar-refractivity contribution in [3.05, 3.63) is 18.0 Å². The average Bonchev–Trinajstić information content (AvgIpc) is 2.90. The molecule has 94 valence electrons. The van der Waals surface area contributed by atoms with E-state index in [4.69, 9.17) is 4.52 Å². The summed E-state index contributed by atoms with van der Waals surface area (Å²) in [6.45, 7) is 4.77. The number of piperidine rings is 1. The summed E-state index contributed by atoms with van der Waals surface area (Å²) in [5, 5.41) is 6.93. The maximum atomic E-state index is 12.3. The molecule has 1 N–H and O–H groups in total. The lowest BCUT2D eigenvalue weighted by atomic mass is 10.1. The normalized spacial score (nSPS) is 20.2. The molecule has 0 aromatic carbocycles. The summed E-state index contributed by atoms with van der Waals surface area (Å²) in [6.07, 6.45) is 4.65. The van der Waals surface area contributed by atoms with Crippen LogP contribution in [0.4, 0.5) is 0 Å². The summed E-state index contributed by atoms with van der Waals surface area (Å²) in [4.78, 5) is 14.2. The second kappa shape index (κ2) is 5.82. The van der Waals surface area contributed by atoms with Gasteiger partial charge in [-0.15, -0.1) is 0 Å². The molecule has 1 saturated heterocycles. The Balaban J connectivity index is 2.07. The van der Waals surface area contributed by atoms with Crippen molar-refractivity contribution in [3.63, 3.8) is 0 Å². The minimum Gasteiger partial charge on any atom is -0.351 e. The molecule has 0 saturated carbocycles. The van der Waals surface area contributed by atoms with Gasteiger partial charge in [0, 0.05) is 25.2 Å². The number of hydrogen-bond acceptors (Lipinski definition) is 4. The topological polar surface area (TPSA) is 58.4 Å². The molecule has 0 bridgehead atoms. The Morgan fingerprint density at radius 1 is 1.71 bits per heavy atom. The quantitative estimate of drug-likeness (QED) is 0.857. The zero-order chi connectivity index (χ0) is 12.1. The number of nitrogens with zero attached hydrogens (tertiary/aromatic N) is 2. The van der Waals surface area contributed by atoms with Gasteiger partial charge in [0.15, 0.2) is 0 Å². The minimum absolute atomic E-state index is 0.0435. The van der Waals surface area contributed by atoms with Gasteiger partial charge in [0.1, 0.15) is 0 Å². The molecule has 1 unspecified atom stereocenters. The van der Waals surface area contributed by atoms with Crippen LogP contribution in [-0.2, 0) is 0 Å². The van der Waals surface area contributed by atoms with Gasteiger partial charge < -0.3 is 14.7 Å². The van der Waals surface area contributed by atoms with Crippen LogP contribution in [0.3, 0.4) is 0 Å². The maximum Gasteiger partial charge on any atom is 0.292 e. The number of aromatic nitrogens is 1. The van der Waals surface area contributed by atoms with Crippen LogP contribution in [0, 0.1) is 0 Å². The van der Waals surface area contributed by atoms with Crippen LogP contribution in [0.25, 0.3) is 0 Å². The third-order valence-electron chi connectivity index (χ3n) is 3.09. The van der Waals surface area contributed by atoms with E-state index in [-0.39, 0.29) is 11.9 Å². The fourth-order valence-corrected chi connectivity index (χ4v) is 2.26. The van der Waals surface area contributed by atoms with Crippen LogP contribution in [0.15, 0.2) is 16.8 Å². The van der Waals surface area contributed by atoms with Crippen molar-refractivity contribution in [1.82, 2.24) is 15.4 Å². The number of nitrogens with one attached hydrogen (secondary N) is 1. The highest BCUT2D eigenvalue weighted by Gasteiger charge is 2.27. The van der Waals surface area contributed by atoms with Crippen molar-refractivity contribution >= 4 is 5.91 Å². The lowest BCUT2D eigenvalue weighted by Gasteiger charge is -2.33. The zero-order valence-electron chi connectivity index (χ0n) is 10.2. The highest BCUT2D eigenvalue weighted by Crippen LogP contribution is 2.14. The molecule has 0 aliphatic carbocycles. The first-order valence-corrected chi connectivity index (χ1v) is 6.25.